The van der Waals surface area contributed by atoms with Crippen molar-refractivity contribution < 1.29 is 13.2 Å². The van der Waals surface area contributed by atoms with E-state index in [2.05, 4.69) is 0 Å². The second-order valence-electron chi connectivity index (χ2n) is 5.18. The van der Waals surface area contributed by atoms with Crippen molar-refractivity contribution in [2.24, 2.45) is 0 Å². The molecular weight excluding hydrogens is 225 g/mol. The average molecular weight is 248 g/mol. The molecule has 0 aliphatic heterocycles. The maximum absolute atomic E-state index is 11.9. The van der Waals surface area contributed by atoms with E-state index >= 15 is 0 Å². The van der Waals surface area contributed by atoms with Crippen molar-refractivity contribution in [2.75, 3.05) is 46.7 Å². The Balaban J connectivity index is 4.35. The van der Waals surface area contributed by atoms with Gasteiger partial charge in [0.05, 0.1) is 0 Å². The molecule has 3 nitrogen and oxygen atoms in total. The zero-order valence-electron chi connectivity index (χ0n) is 9.67. The molecule has 13 heavy (non-hydrogen) atoms. The van der Waals surface area contributed by atoms with Gasteiger partial charge in [0.15, 0.2) is 0 Å². The molecule has 0 radical (unpaired) electrons. The monoisotopic (exact) mass is 248 g/mol. The fraction of sp³-hybridized carbons (Fsp3) is 1.00. The molecular formula is C7H23O3P3. The van der Waals surface area contributed by atoms with Crippen LogP contribution in [0.4, 0.5) is 0 Å². The van der Waals surface area contributed by atoms with Crippen LogP contribution in [0.5, 0.6) is 0 Å². The second kappa shape index (κ2) is 4.25. The SMILES string of the molecule is CP(=O)(O[PH](C)(C)C)O[PH](C)(C)C. The van der Waals surface area contributed by atoms with Gasteiger partial charge in [-0.3, -0.25) is 0 Å². The molecule has 0 fully saturated rings. The van der Waals surface area contributed by atoms with Crippen LogP contribution >= 0.6 is 22.6 Å². The van der Waals surface area contributed by atoms with Gasteiger partial charge in [-0.05, 0) is 0 Å². The summed E-state index contributed by atoms with van der Waals surface area (Å²) >= 11 is 0. The minimum absolute atomic E-state index is 1.57. The summed E-state index contributed by atoms with van der Waals surface area (Å²) in [5.41, 5.74) is 0. The van der Waals surface area contributed by atoms with Crippen molar-refractivity contribution in [1.82, 2.24) is 0 Å². The van der Waals surface area contributed by atoms with E-state index in [0.717, 1.165) is 0 Å². The standard InChI is InChI=1S/C7H23O3P3/c1-11(2,3)9-13(7,8)10-12(4,5)6/h11-12H,1-7H3. The molecule has 0 unspecified atom stereocenters. The van der Waals surface area contributed by atoms with Gasteiger partial charge in [-0.2, -0.15) is 0 Å². The summed E-state index contributed by atoms with van der Waals surface area (Å²) in [6, 6.07) is 0. The third-order valence-corrected chi connectivity index (χ3v) is 7.91. The molecule has 6 heteroatoms. The molecule has 0 atom stereocenters. The predicted molar refractivity (Wildman–Crippen MR) is 67.9 cm³/mol. The Morgan fingerprint density at radius 2 is 1.08 bits per heavy atom. The summed E-state index contributed by atoms with van der Waals surface area (Å²) in [6.07, 6.45) is 0. The fourth-order valence-corrected chi connectivity index (χ4v) is 9.46. The summed E-state index contributed by atoms with van der Waals surface area (Å²) in [5.74, 6) is 0. The molecule has 0 aromatic rings. The van der Waals surface area contributed by atoms with Gasteiger partial charge in [0.1, 0.15) is 0 Å². The molecule has 0 aromatic heterocycles. The van der Waals surface area contributed by atoms with Crippen LogP contribution < -0.4 is 0 Å². The number of hydrogen-bond acceptors (Lipinski definition) is 3. The van der Waals surface area contributed by atoms with E-state index in [1.54, 1.807) is 6.66 Å². The summed E-state index contributed by atoms with van der Waals surface area (Å²) in [5, 5.41) is 0. The molecule has 0 aliphatic rings. The van der Waals surface area contributed by atoms with E-state index in [9.17, 15) is 4.57 Å². The first-order chi connectivity index (χ1) is 5.41. The van der Waals surface area contributed by atoms with Crippen molar-refractivity contribution in [2.45, 2.75) is 0 Å². The van der Waals surface area contributed by atoms with E-state index in [0.29, 0.717) is 0 Å². The van der Waals surface area contributed by atoms with E-state index < -0.39 is 22.6 Å². The van der Waals surface area contributed by atoms with Crippen molar-refractivity contribution in [3.05, 3.63) is 0 Å². The van der Waals surface area contributed by atoms with Crippen molar-refractivity contribution in [3.63, 3.8) is 0 Å². The van der Waals surface area contributed by atoms with Gasteiger partial charge in [-0.15, -0.1) is 0 Å². The summed E-state index contributed by atoms with van der Waals surface area (Å²) < 4.78 is 22.9. The second-order valence-corrected chi connectivity index (χ2v) is 16.6. The molecule has 0 heterocycles. The van der Waals surface area contributed by atoms with Gasteiger partial charge in [-0.1, -0.05) is 0 Å². The molecule has 0 saturated heterocycles. The molecule has 0 aromatic carbocycles. The molecule has 0 spiro atoms. The van der Waals surface area contributed by atoms with Gasteiger partial charge < -0.3 is 0 Å². The Morgan fingerprint density at radius 3 is 1.23 bits per heavy atom. The molecule has 84 valence electrons. The molecule has 0 saturated carbocycles. The Morgan fingerprint density at radius 1 is 0.846 bits per heavy atom. The van der Waals surface area contributed by atoms with Crippen LogP contribution in [0, 0.1) is 0 Å². The van der Waals surface area contributed by atoms with Crippen LogP contribution in [-0.4, -0.2) is 46.7 Å². The van der Waals surface area contributed by atoms with E-state index in [1.165, 1.54) is 0 Å². The Kier molecular flexibility index (Phi) is 4.58. The molecule has 0 N–H and O–H groups in total. The van der Waals surface area contributed by atoms with Gasteiger partial charge in [0.25, 0.3) is 0 Å². The third-order valence-electron chi connectivity index (χ3n) is 0.879. The minimum atomic E-state index is -2.81. The third kappa shape index (κ3) is 9.32. The van der Waals surface area contributed by atoms with Crippen LogP contribution in [0.1, 0.15) is 0 Å². The van der Waals surface area contributed by atoms with Crippen LogP contribution in [0.25, 0.3) is 0 Å². The Hall–Kier alpha value is 1.01. The van der Waals surface area contributed by atoms with Crippen molar-refractivity contribution in [1.29, 1.82) is 0 Å². The summed E-state index contributed by atoms with van der Waals surface area (Å²) in [4.78, 5) is 0. The van der Waals surface area contributed by atoms with Crippen molar-refractivity contribution in [3.8, 4) is 0 Å². The number of rotatable bonds is 4. The van der Waals surface area contributed by atoms with Gasteiger partial charge >= 0.3 is 82.4 Å². The normalized spacial score (nSPS) is 20.8. The average Bonchev–Trinajstić information content (AvgIpc) is 1.43. The fourth-order valence-electron chi connectivity index (χ4n) is 1.01. The van der Waals surface area contributed by atoms with Gasteiger partial charge in [-0.25, -0.2) is 0 Å². The van der Waals surface area contributed by atoms with Gasteiger partial charge in [0, 0.05) is 0 Å². The summed E-state index contributed by atoms with van der Waals surface area (Å²) in [6.45, 7) is 13.6. The van der Waals surface area contributed by atoms with Crippen LogP contribution in [0.2, 0.25) is 0 Å². The first-order valence-corrected chi connectivity index (χ1v) is 13.2. The van der Waals surface area contributed by atoms with Crippen molar-refractivity contribution >= 4 is 22.6 Å². The van der Waals surface area contributed by atoms with Gasteiger partial charge in [0.2, 0.25) is 0 Å². The van der Waals surface area contributed by atoms with E-state index in [1.807, 2.05) is 40.0 Å². The maximum atomic E-state index is 11.9. The number of hydrogen-bond donors (Lipinski definition) is 0. The Bertz CT molecular complexity index is 194. The Labute approximate surface area is 83.0 Å². The zero-order valence-corrected chi connectivity index (χ0v) is 12.6. The molecule has 0 bridgehead atoms. The van der Waals surface area contributed by atoms with Crippen LogP contribution in [0.15, 0.2) is 0 Å². The van der Waals surface area contributed by atoms with Crippen LogP contribution in [-0.2, 0) is 13.2 Å². The molecule has 0 aliphatic carbocycles. The summed E-state index contributed by atoms with van der Waals surface area (Å²) in [7, 11) is -6.33. The zero-order chi connectivity index (χ0) is 10.9. The molecule has 0 rings (SSSR count). The van der Waals surface area contributed by atoms with E-state index in [4.69, 9.17) is 8.62 Å². The topological polar surface area (TPSA) is 35.5 Å². The quantitative estimate of drug-likeness (QED) is 0.717. The predicted octanol–water partition coefficient (Wildman–Crippen LogP) is 2.95. The van der Waals surface area contributed by atoms with E-state index in [-0.39, 0.29) is 0 Å². The first-order valence-electron chi connectivity index (χ1n) is 4.40. The van der Waals surface area contributed by atoms with Crippen LogP contribution in [0.3, 0.4) is 0 Å². The molecule has 0 amide bonds. The first kappa shape index (κ1) is 14.0.